The van der Waals surface area contributed by atoms with Crippen molar-refractivity contribution in [2.75, 3.05) is 23.7 Å². The minimum absolute atomic E-state index is 0.00123. The third-order valence-corrected chi connectivity index (χ3v) is 4.14. The van der Waals surface area contributed by atoms with E-state index in [9.17, 15) is 10.1 Å². The molecule has 1 saturated heterocycles. The number of anilines is 2. The average Bonchev–Trinajstić information content (AvgIpc) is 3.00. The summed E-state index contributed by atoms with van der Waals surface area (Å²) in [5, 5.41) is 14.8. The predicted molar refractivity (Wildman–Crippen MR) is 82.9 cm³/mol. The highest BCUT2D eigenvalue weighted by atomic mass is 32.1. The molecular weight excluding hydrogens is 306 g/mol. The number of hydrogen-bond donors (Lipinski definition) is 1. The first kappa shape index (κ1) is 14.7. The summed E-state index contributed by atoms with van der Waals surface area (Å²) in [6.45, 7) is 3.16. The summed E-state index contributed by atoms with van der Waals surface area (Å²) >= 11 is 1.61. The zero-order chi connectivity index (χ0) is 15.7. The summed E-state index contributed by atoms with van der Waals surface area (Å²) in [4.78, 5) is 20.3. The van der Waals surface area contributed by atoms with Gasteiger partial charge in [0.1, 0.15) is 12.3 Å². The van der Waals surface area contributed by atoms with Gasteiger partial charge in [-0.2, -0.15) is 16.3 Å². The molecule has 116 valence electrons. The summed E-state index contributed by atoms with van der Waals surface area (Å²) in [7, 11) is 0. The highest BCUT2D eigenvalue weighted by Crippen LogP contribution is 2.29. The minimum Gasteiger partial charge on any atom is -0.378 e. The molecule has 3 rings (SSSR count). The zero-order valence-corrected chi connectivity index (χ0v) is 12.7. The third-order valence-electron chi connectivity index (χ3n) is 3.44. The van der Waals surface area contributed by atoms with Crippen LogP contribution in [0.1, 0.15) is 18.6 Å². The molecule has 1 fully saturated rings. The van der Waals surface area contributed by atoms with E-state index in [0.29, 0.717) is 19.0 Å². The number of morpholine rings is 1. The van der Waals surface area contributed by atoms with Crippen LogP contribution in [-0.2, 0) is 4.74 Å². The minimum atomic E-state index is -0.588. The predicted octanol–water partition coefficient (Wildman–Crippen LogP) is 1.99. The van der Waals surface area contributed by atoms with Gasteiger partial charge in [0.2, 0.25) is 11.8 Å². The standard InChI is InChI=1S/C13H15N5O3S/c1-8-5-17(6-11(21-8)9-2-3-22-7-9)13-15-4-10(18(19)20)12(14)16-13/h2-4,7-8,11H,5-6H2,1H3,(H2,14,15,16). The summed E-state index contributed by atoms with van der Waals surface area (Å²) in [5.41, 5.74) is 6.47. The Balaban J connectivity index is 1.84. The molecule has 0 bridgehead atoms. The largest absolute Gasteiger partial charge is 0.378 e. The fourth-order valence-electron chi connectivity index (χ4n) is 2.43. The molecule has 8 nitrogen and oxygen atoms in total. The number of nitro groups is 1. The van der Waals surface area contributed by atoms with Gasteiger partial charge in [-0.05, 0) is 29.3 Å². The van der Waals surface area contributed by atoms with Crippen molar-refractivity contribution in [1.82, 2.24) is 9.97 Å². The molecule has 2 aromatic rings. The van der Waals surface area contributed by atoms with Crippen molar-refractivity contribution < 1.29 is 9.66 Å². The van der Waals surface area contributed by atoms with Crippen molar-refractivity contribution in [2.45, 2.75) is 19.1 Å². The van der Waals surface area contributed by atoms with Gasteiger partial charge in [0.05, 0.1) is 17.6 Å². The SMILES string of the molecule is CC1CN(c2ncc([N+](=O)[O-])c(N)n2)CC(c2ccsc2)O1. The molecule has 1 aliphatic heterocycles. The lowest BCUT2D eigenvalue weighted by atomic mass is 10.1. The second kappa shape index (κ2) is 5.85. The van der Waals surface area contributed by atoms with Gasteiger partial charge in [0.25, 0.3) is 0 Å². The first-order chi connectivity index (χ1) is 10.5. The van der Waals surface area contributed by atoms with Crippen molar-refractivity contribution in [2.24, 2.45) is 0 Å². The van der Waals surface area contributed by atoms with Crippen LogP contribution >= 0.6 is 11.3 Å². The molecule has 0 saturated carbocycles. The normalized spacial score (nSPS) is 21.8. The van der Waals surface area contributed by atoms with Crippen molar-refractivity contribution in [3.63, 3.8) is 0 Å². The van der Waals surface area contributed by atoms with Gasteiger partial charge in [-0.25, -0.2) is 4.98 Å². The summed E-state index contributed by atoms with van der Waals surface area (Å²) in [6.07, 6.45) is 1.07. The molecular formula is C13H15N5O3S. The molecule has 2 atom stereocenters. The quantitative estimate of drug-likeness (QED) is 0.680. The molecule has 1 aliphatic rings. The molecule has 0 radical (unpaired) electrons. The fraction of sp³-hybridized carbons (Fsp3) is 0.385. The van der Waals surface area contributed by atoms with E-state index in [-0.39, 0.29) is 23.7 Å². The van der Waals surface area contributed by atoms with E-state index >= 15 is 0 Å². The van der Waals surface area contributed by atoms with E-state index in [1.807, 2.05) is 28.7 Å². The molecule has 2 unspecified atom stereocenters. The van der Waals surface area contributed by atoms with Gasteiger partial charge in [-0.15, -0.1) is 0 Å². The lowest BCUT2D eigenvalue weighted by Gasteiger charge is -2.36. The number of rotatable bonds is 3. The van der Waals surface area contributed by atoms with E-state index in [1.165, 1.54) is 0 Å². The van der Waals surface area contributed by atoms with E-state index in [2.05, 4.69) is 9.97 Å². The Morgan fingerprint density at radius 2 is 2.36 bits per heavy atom. The molecule has 22 heavy (non-hydrogen) atoms. The van der Waals surface area contributed by atoms with Crippen LogP contribution in [0.15, 0.2) is 23.0 Å². The smallest absolute Gasteiger partial charge is 0.329 e. The Hall–Kier alpha value is -2.26. The Bertz CT molecular complexity index is 678. The first-order valence-corrected chi connectivity index (χ1v) is 7.68. The maximum absolute atomic E-state index is 10.8. The van der Waals surface area contributed by atoms with E-state index in [1.54, 1.807) is 11.3 Å². The van der Waals surface area contributed by atoms with Crippen molar-refractivity contribution in [3.05, 3.63) is 38.7 Å². The zero-order valence-electron chi connectivity index (χ0n) is 11.9. The number of hydrogen-bond acceptors (Lipinski definition) is 8. The Morgan fingerprint density at radius 3 is 3.00 bits per heavy atom. The lowest BCUT2D eigenvalue weighted by Crippen LogP contribution is -2.43. The summed E-state index contributed by atoms with van der Waals surface area (Å²) in [6, 6.07) is 2.02. The van der Waals surface area contributed by atoms with Crippen LogP contribution in [0.4, 0.5) is 17.5 Å². The maximum Gasteiger partial charge on any atom is 0.329 e. The van der Waals surface area contributed by atoms with E-state index in [0.717, 1.165) is 11.8 Å². The van der Waals surface area contributed by atoms with Crippen LogP contribution < -0.4 is 10.6 Å². The monoisotopic (exact) mass is 321 g/mol. The van der Waals surface area contributed by atoms with Crippen LogP contribution in [-0.4, -0.2) is 34.1 Å². The number of thiophene rings is 1. The molecule has 0 spiro atoms. The highest BCUT2D eigenvalue weighted by Gasteiger charge is 2.29. The number of nitrogens with zero attached hydrogens (tertiary/aromatic N) is 4. The molecule has 3 heterocycles. The molecule has 2 N–H and O–H groups in total. The van der Waals surface area contributed by atoms with Gasteiger partial charge < -0.3 is 15.4 Å². The number of ether oxygens (including phenoxy) is 1. The Kier molecular flexibility index (Phi) is 3.90. The van der Waals surface area contributed by atoms with Gasteiger partial charge >= 0.3 is 5.69 Å². The topological polar surface area (TPSA) is 107 Å². The van der Waals surface area contributed by atoms with Crippen molar-refractivity contribution in [3.8, 4) is 0 Å². The lowest BCUT2D eigenvalue weighted by molar-refractivity contribution is -0.384. The van der Waals surface area contributed by atoms with Crippen molar-refractivity contribution in [1.29, 1.82) is 0 Å². The van der Waals surface area contributed by atoms with Crippen LogP contribution in [0, 0.1) is 10.1 Å². The van der Waals surface area contributed by atoms with Crippen LogP contribution in [0.25, 0.3) is 0 Å². The van der Waals surface area contributed by atoms with Crippen LogP contribution in [0.5, 0.6) is 0 Å². The van der Waals surface area contributed by atoms with E-state index < -0.39 is 4.92 Å². The van der Waals surface area contributed by atoms with Gasteiger partial charge in [-0.3, -0.25) is 10.1 Å². The van der Waals surface area contributed by atoms with Gasteiger partial charge in [0.15, 0.2) is 0 Å². The number of aromatic nitrogens is 2. The van der Waals surface area contributed by atoms with Crippen LogP contribution in [0.3, 0.4) is 0 Å². The van der Waals surface area contributed by atoms with E-state index in [4.69, 9.17) is 10.5 Å². The maximum atomic E-state index is 10.8. The van der Waals surface area contributed by atoms with Gasteiger partial charge in [0, 0.05) is 6.54 Å². The van der Waals surface area contributed by atoms with Crippen molar-refractivity contribution >= 4 is 28.8 Å². The second-order valence-electron chi connectivity index (χ2n) is 5.09. The van der Waals surface area contributed by atoms with Crippen LogP contribution in [0.2, 0.25) is 0 Å². The third kappa shape index (κ3) is 2.85. The van der Waals surface area contributed by atoms with Gasteiger partial charge in [-0.1, -0.05) is 0 Å². The first-order valence-electron chi connectivity index (χ1n) is 6.74. The molecule has 0 amide bonds. The molecule has 2 aromatic heterocycles. The highest BCUT2D eigenvalue weighted by molar-refractivity contribution is 7.07. The molecule has 0 aromatic carbocycles. The molecule has 9 heteroatoms. The second-order valence-corrected chi connectivity index (χ2v) is 5.87. The summed E-state index contributed by atoms with van der Waals surface area (Å²) < 4.78 is 5.94. The average molecular weight is 321 g/mol. The number of nitrogens with two attached hydrogens (primary N) is 1. The Morgan fingerprint density at radius 1 is 1.55 bits per heavy atom. The summed E-state index contributed by atoms with van der Waals surface area (Å²) in [5.74, 6) is 0.264. The molecule has 0 aliphatic carbocycles. The number of nitrogen functional groups attached to an aromatic ring is 1. The fourth-order valence-corrected chi connectivity index (χ4v) is 3.13. The Labute approximate surface area is 130 Å².